The van der Waals surface area contributed by atoms with Crippen molar-refractivity contribution in [2.75, 3.05) is 26.2 Å². The third-order valence-electron chi connectivity index (χ3n) is 6.02. The lowest BCUT2D eigenvalue weighted by atomic mass is 9.84. The highest BCUT2D eigenvalue weighted by molar-refractivity contribution is 6.30. The van der Waals surface area contributed by atoms with Crippen LogP contribution in [0.15, 0.2) is 42.5 Å². The van der Waals surface area contributed by atoms with Gasteiger partial charge in [-0.2, -0.15) is 0 Å². The Kier molecular flexibility index (Phi) is 5.99. The first-order chi connectivity index (χ1) is 14.2. The van der Waals surface area contributed by atoms with Crippen molar-refractivity contribution in [3.8, 4) is 11.5 Å². The minimum Gasteiger partial charge on any atom is -0.487 e. The van der Waals surface area contributed by atoms with E-state index in [0.717, 1.165) is 23.3 Å². The van der Waals surface area contributed by atoms with Crippen molar-refractivity contribution in [2.45, 2.75) is 50.4 Å². The smallest absolute Gasteiger partial charge is 0.165 e. The third kappa shape index (κ3) is 4.75. The van der Waals surface area contributed by atoms with E-state index in [-0.39, 0.29) is 12.2 Å². The first kappa shape index (κ1) is 21.4. The third-order valence-corrected chi connectivity index (χ3v) is 6.27. The molecular weight excluding hydrogens is 402 g/mol. The average molecular weight is 432 g/mol. The van der Waals surface area contributed by atoms with Crippen molar-refractivity contribution in [1.82, 2.24) is 4.90 Å². The molecule has 4 rings (SSSR count). The lowest BCUT2D eigenvalue weighted by Gasteiger charge is -2.39. The Bertz CT molecular complexity index is 875. The van der Waals surface area contributed by atoms with Gasteiger partial charge in [-0.05, 0) is 50.5 Å². The SMILES string of the molecule is CC1(C)Cc2cccc(OCC(O)CN3CCC(O)(c4ccc(Cl)cc4)CC3)c2O1. The molecule has 2 N–H and O–H groups in total. The molecule has 6 heteroatoms. The fourth-order valence-corrected chi connectivity index (χ4v) is 4.52. The van der Waals surface area contributed by atoms with E-state index in [0.29, 0.717) is 43.2 Å². The van der Waals surface area contributed by atoms with E-state index in [2.05, 4.69) is 24.8 Å². The zero-order chi connectivity index (χ0) is 21.4. The van der Waals surface area contributed by atoms with Crippen LogP contribution in [0.2, 0.25) is 5.02 Å². The standard InChI is InChI=1S/C24H30ClNO4/c1-23(2)14-17-4-3-5-21(22(17)30-23)29-16-20(27)15-26-12-10-24(28,11-13-26)18-6-8-19(25)9-7-18/h3-9,20,27-28H,10-16H2,1-2H3. The van der Waals surface area contributed by atoms with Gasteiger partial charge in [-0.1, -0.05) is 35.9 Å². The predicted octanol–water partition coefficient (Wildman–Crippen LogP) is 3.78. The van der Waals surface area contributed by atoms with Crippen molar-refractivity contribution in [2.24, 2.45) is 0 Å². The highest BCUT2D eigenvalue weighted by atomic mass is 35.5. The van der Waals surface area contributed by atoms with Gasteiger partial charge < -0.3 is 24.6 Å². The first-order valence-corrected chi connectivity index (χ1v) is 10.9. The molecular formula is C24H30ClNO4. The van der Waals surface area contributed by atoms with Crippen molar-refractivity contribution >= 4 is 11.6 Å². The summed E-state index contributed by atoms with van der Waals surface area (Å²) >= 11 is 5.96. The number of hydrogen-bond acceptors (Lipinski definition) is 5. The van der Waals surface area contributed by atoms with Crippen molar-refractivity contribution in [3.05, 3.63) is 58.6 Å². The van der Waals surface area contributed by atoms with Crippen LogP contribution in [-0.4, -0.2) is 53.1 Å². The van der Waals surface area contributed by atoms with Crippen molar-refractivity contribution < 1.29 is 19.7 Å². The van der Waals surface area contributed by atoms with Crippen LogP contribution in [0, 0.1) is 0 Å². The van der Waals surface area contributed by atoms with E-state index in [1.807, 2.05) is 36.4 Å². The molecule has 162 valence electrons. The summed E-state index contributed by atoms with van der Waals surface area (Å²) in [5.74, 6) is 1.48. The molecule has 2 heterocycles. The minimum atomic E-state index is -0.836. The molecule has 2 aliphatic heterocycles. The maximum Gasteiger partial charge on any atom is 0.165 e. The fourth-order valence-electron chi connectivity index (χ4n) is 4.39. The second kappa shape index (κ2) is 8.39. The minimum absolute atomic E-state index is 0.207. The Morgan fingerprint density at radius 3 is 2.53 bits per heavy atom. The van der Waals surface area contributed by atoms with Gasteiger partial charge >= 0.3 is 0 Å². The van der Waals surface area contributed by atoms with Gasteiger partial charge in [-0.15, -0.1) is 0 Å². The normalized spacial score (nSPS) is 21.0. The summed E-state index contributed by atoms with van der Waals surface area (Å²) in [6.45, 7) is 6.28. The van der Waals surface area contributed by atoms with E-state index < -0.39 is 11.7 Å². The number of nitrogens with zero attached hydrogens (tertiary/aromatic N) is 1. The second-order valence-corrected chi connectivity index (χ2v) is 9.52. The summed E-state index contributed by atoms with van der Waals surface area (Å²) in [5, 5.41) is 22.2. The van der Waals surface area contributed by atoms with Gasteiger partial charge in [0.2, 0.25) is 0 Å². The molecule has 1 saturated heterocycles. The van der Waals surface area contributed by atoms with Crippen LogP contribution in [0.4, 0.5) is 0 Å². The highest BCUT2D eigenvalue weighted by Crippen LogP contribution is 2.41. The van der Waals surface area contributed by atoms with E-state index in [1.165, 1.54) is 0 Å². The average Bonchev–Trinajstić information content (AvgIpc) is 3.03. The van der Waals surface area contributed by atoms with Crippen LogP contribution in [0.5, 0.6) is 11.5 Å². The molecule has 0 bridgehead atoms. The Balaban J connectivity index is 1.28. The number of likely N-dealkylation sites (tertiary alicyclic amines) is 1. The second-order valence-electron chi connectivity index (χ2n) is 9.09. The molecule has 30 heavy (non-hydrogen) atoms. The van der Waals surface area contributed by atoms with Crippen LogP contribution in [0.25, 0.3) is 0 Å². The van der Waals surface area contributed by atoms with Crippen LogP contribution in [0.1, 0.15) is 37.8 Å². The van der Waals surface area contributed by atoms with Crippen molar-refractivity contribution in [3.63, 3.8) is 0 Å². The maximum atomic E-state index is 11.0. The molecule has 0 radical (unpaired) electrons. The van der Waals surface area contributed by atoms with Crippen LogP contribution < -0.4 is 9.47 Å². The molecule has 1 unspecified atom stereocenters. The number of β-amino-alcohol motifs (C(OH)–C–C–N with tert-alkyl or cyclic N) is 1. The van der Waals surface area contributed by atoms with E-state index in [4.69, 9.17) is 21.1 Å². The van der Waals surface area contributed by atoms with Gasteiger partial charge in [-0.3, -0.25) is 0 Å². The monoisotopic (exact) mass is 431 g/mol. The van der Waals surface area contributed by atoms with Crippen molar-refractivity contribution in [1.29, 1.82) is 0 Å². The van der Waals surface area contributed by atoms with E-state index in [1.54, 1.807) is 0 Å². The van der Waals surface area contributed by atoms with Gasteiger partial charge in [0.1, 0.15) is 18.3 Å². The molecule has 0 aromatic heterocycles. The summed E-state index contributed by atoms with van der Waals surface area (Å²) in [7, 11) is 0. The fraction of sp³-hybridized carbons (Fsp3) is 0.500. The van der Waals surface area contributed by atoms with Gasteiger partial charge in [0.25, 0.3) is 0 Å². The summed E-state index contributed by atoms with van der Waals surface area (Å²) in [5.41, 5.74) is 0.979. The Hall–Kier alpha value is -1.79. The number of piperidine rings is 1. The molecule has 2 aromatic rings. The zero-order valence-electron chi connectivity index (χ0n) is 17.6. The first-order valence-electron chi connectivity index (χ1n) is 10.6. The van der Waals surface area contributed by atoms with Gasteiger partial charge in [0.15, 0.2) is 11.5 Å². The van der Waals surface area contributed by atoms with E-state index in [9.17, 15) is 10.2 Å². The summed E-state index contributed by atoms with van der Waals surface area (Å²) in [4.78, 5) is 2.17. The summed E-state index contributed by atoms with van der Waals surface area (Å²) < 4.78 is 11.9. The maximum absolute atomic E-state index is 11.0. The van der Waals surface area contributed by atoms with Gasteiger partial charge in [-0.25, -0.2) is 0 Å². The van der Waals surface area contributed by atoms with E-state index >= 15 is 0 Å². The molecule has 0 spiro atoms. The molecule has 1 fully saturated rings. The molecule has 0 aliphatic carbocycles. The number of aliphatic hydroxyl groups is 2. The van der Waals surface area contributed by atoms with Crippen LogP contribution in [0.3, 0.4) is 0 Å². The Morgan fingerprint density at radius 2 is 1.83 bits per heavy atom. The lowest BCUT2D eigenvalue weighted by molar-refractivity contribution is -0.0373. The summed E-state index contributed by atoms with van der Waals surface area (Å²) in [6, 6.07) is 13.3. The number of fused-ring (bicyclic) bond motifs is 1. The quantitative estimate of drug-likeness (QED) is 0.728. The number of para-hydroxylation sites is 1. The number of ether oxygens (including phenoxy) is 2. The molecule has 2 aromatic carbocycles. The lowest BCUT2D eigenvalue weighted by Crippen LogP contribution is -2.46. The zero-order valence-corrected chi connectivity index (χ0v) is 18.4. The van der Waals surface area contributed by atoms with Crippen LogP contribution >= 0.6 is 11.6 Å². The molecule has 0 saturated carbocycles. The number of benzene rings is 2. The molecule has 0 amide bonds. The predicted molar refractivity (Wildman–Crippen MR) is 117 cm³/mol. The molecule has 1 atom stereocenters. The molecule has 2 aliphatic rings. The van der Waals surface area contributed by atoms with Gasteiger partial charge in [0, 0.05) is 36.6 Å². The Morgan fingerprint density at radius 1 is 1.13 bits per heavy atom. The number of hydrogen-bond donors (Lipinski definition) is 2. The number of aliphatic hydroxyl groups excluding tert-OH is 1. The Labute approximate surface area is 183 Å². The summed E-state index contributed by atoms with van der Waals surface area (Å²) in [6.07, 6.45) is 1.48. The van der Waals surface area contributed by atoms with Gasteiger partial charge in [0.05, 0.1) is 5.60 Å². The topological polar surface area (TPSA) is 62.2 Å². The largest absolute Gasteiger partial charge is 0.487 e. The highest BCUT2D eigenvalue weighted by Gasteiger charge is 2.35. The number of halogens is 1. The number of rotatable bonds is 6. The van der Waals surface area contributed by atoms with Crippen LogP contribution in [-0.2, 0) is 12.0 Å². The molecule has 5 nitrogen and oxygen atoms in total.